The Kier molecular flexibility index (Phi) is 3.37. The molecule has 0 fully saturated rings. The molecule has 1 heterocycles. The van der Waals surface area contributed by atoms with Crippen LogP contribution in [0.15, 0.2) is 30.5 Å². The van der Waals surface area contributed by atoms with Gasteiger partial charge in [0.05, 0.1) is 0 Å². The molecule has 1 aromatic carbocycles. The number of aromatic nitrogens is 1. The zero-order chi connectivity index (χ0) is 13.1. The van der Waals surface area contributed by atoms with Crippen LogP contribution in [0.1, 0.15) is 21.5 Å². The molecule has 0 aliphatic carbocycles. The summed E-state index contributed by atoms with van der Waals surface area (Å²) in [5.74, 6) is 0.651. The minimum atomic E-state index is -0.275. The summed E-state index contributed by atoms with van der Waals surface area (Å²) in [7, 11) is 0. The molecule has 0 saturated heterocycles. The second kappa shape index (κ2) is 4.96. The van der Waals surface area contributed by atoms with Crippen molar-refractivity contribution in [2.24, 2.45) is 0 Å². The molecular weight excluding hydrogens is 233 g/mol. The predicted octanol–water partition coefficient (Wildman–Crippen LogP) is 3.44. The summed E-state index contributed by atoms with van der Waals surface area (Å²) < 4.78 is 18.7. The van der Waals surface area contributed by atoms with Crippen LogP contribution in [0.25, 0.3) is 0 Å². The number of nitrogens with zero attached hydrogens (tertiary/aromatic N) is 1. The van der Waals surface area contributed by atoms with Crippen molar-refractivity contribution < 1.29 is 13.9 Å². The van der Waals surface area contributed by atoms with Gasteiger partial charge in [0.2, 0.25) is 5.88 Å². The quantitative estimate of drug-likeness (QED) is 0.777. The van der Waals surface area contributed by atoms with Crippen molar-refractivity contribution in [3.63, 3.8) is 0 Å². The zero-order valence-corrected chi connectivity index (χ0v) is 10.1. The van der Waals surface area contributed by atoms with Crippen LogP contribution in [-0.2, 0) is 0 Å². The number of halogens is 1. The van der Waals surface area contributed by atoms with Gasteiger partial charge < -0.3 is 4.74 Å². The number of pyridine rings is 1. The highest BCUT2D eigenvalue weighted by Gasteiger charge is 2.06. The molecular formula is C14H12FNO2. The Balaban J connectivity index is 2.28. The fourth-order valence-corrected chi connectivity index (χ4v) is 1.55. The topological polar surface area (TPSA) is 39.2 Å². The van der Waals surface area contributed by atoms with E-state index in [4.69, 9.17) is 4.74 Å². The number of carbonyl (C=O) groups excluding carboxylic acids is 1. The fourth-order valence-electron chi connectivity index (χ4n) is 1.55. The van der Waals surface area contributed by atoms with Crippen LogP contribution in [0.2, 0.25) is 0 Å². The molecule has 1 aromatic heterocycles. The zero-order valence-electron chi connectivity index (χ0n) is 10.1. The molecule has 0 aliphatic rings. The lowest BCUT2D eigenvalue weighted by atomic mass is 10.2. The molecule has 0 unspecified atom stereocenters. The van der Waals surface area contributed by atoms with Gasteiger partial charge in [0.1, 0.15) is 11.6 Å². The summed E-state index contributed by atoms with van der Waals surface area (Å²) >= 11 is 0. The van der Waals surface area contributed by atoms with E-state index < -0.39 is 0 Å². The number of aryl methyl sites for hydroxylation is 2. The molecule has 0 bridgehead atoms. The molecule has 0 amide bonds. The predicted molar refractivity (Wildman–Crippen MR) is 65.6 cm³/mol. The first-order valence-corrected chi connectivity index (χ1v) is 5.46. The van der Waals surface area contributed by atoms with Gasteiger partial charge in [-0.2, -0.15) is 0 Å². The summed E-state index contributed by atoms with van der Waals surface area (Å²) in [4.78, 5) is 14.6. The molecule has 0 saturated carbocycles. The van der Waals surface area contributed by atoms with E-state index in [-0.39, 0.29) is 5.82 Å². The first-order valence-electron chi connectivity index (χ1n) is 5.46. The number of hydrogen-bond donors (Lipinski definition) is 0. The maximum Gasteiger partial charge on any atom is 0.222 e. The number of carbonyl (C=O) groups is 1. The molecule has 2 aromatic rings. The van der Waals surface area contributed by atoms with Crippen LogP contribution in [0.4, 0.5) is 4.39 Å². The van der Waals surface area contributed by atoms with E-state index in [1.807, 2.05) is 0 Å². The van der Waals surface area contributed by atoms with Crippen LogP contribution in [0.3, 0.4) is 0 Å². The Morgan fingerprint density at radius 1 is 1.22 bits per heavy atom. The van der Waals surface area contributed by atoms with Crippen LogP contribution >= 0.6 is 0 Å². The van der Waals surface area contributed by atoms with Crippen molar-refractivity contribution in [3.05, 3.63) is 53.0 Å². The van der Waals surface area contributed by atoms with Crippen molar-refractivity contribution in [2.75, 3.05) is 0 Å². The number of benzene rings is 1. The summed E-state index contributed by atoms with van der Waals surface area (Å²) in [5, 5.41) is 0. The Morgan fingerprint density at radius 2 is 2.00 bits per heavy atom. The second-order valence-corrected chi connectivity index (χ2v) is 4.02. The fraction of sp³-hybridized carbons (Fsp3) is 0.143. The molecule has 3 nitrogen and oxygen atoms in total. The van der Waals surface area contributed by atoms with Crippen LogP contribution < -0.4 is 4.74 Å². The number of hydrogen-bond acceptors (Lipinski definition) is 3. The van der Waals surface area contributed by atoms with Gasteiger partial charge in [-0.1, -0.05) is 0 Å². The molecule has 4 heteroatoms. The van der Waals surface area contributed by atoms with E-state index in [1.54, 1.807) is 26.0 Å². The van der Waals surface area contributed by atoms with E-state index in [9.17, 15) is 9.18 Å². The van der Waals surface area contributed by atoms with Gasteiger partial charge in [-0.25, -0.2) is 9.37 Å². The van der Waals surface area contributed by atoms with Gasteiger partial charge in [-0.15, -0.1) is 0 Å². The SMILES string of the molecule is Cc1cc(Oc2ncc(C=O)cc2C)ccc1F. The minimum Gasteiger partial charge on any atom is -0.439 e. The summed E-state index contributed by atoms with van der Waals surface area (Å²) in [6.45, 7) is 3.46. The Bertz CT molecular complexity index is 596. The highest BCUT2D eigenvalue weighted by Crippen LogP contribution is 2.24. The normalized spacial score (nSPS) is 10.2. The third-order valence-electron chi connectivity index (χ3n) is 2.53. The van der Waals surface area contributed by atoms with E-state index in [0.29, 0.717) is 22.8 Å². The molecule has 2 rings (SSSR count). The average Bonchev–Trinajstić information content (AvgIpc) is 2.36. The smallest absolute Gasteiger partial charge is 0.222 e. The first-order chi connectivity index (χ1) is 8.60. The van der Waals surface area contributed by atoms with Gasteiger partial charge in [0.15, 0.2) is 6.29 Å². The molecule has 0 atom stereocenters. The second-order valence-electron chi connectivity index (χ2n) is 4.02. The van der Waals surface area contributed by atoms with Crippen LogP contribution in [0, 0.1) is 19.7 Å². The number of rotatable bonds is 3. The van der Waals surface area contributed by atoms with Gasteiger partial charge in [-0.05, 0) is 43.7 Å². The van der Waals surface area contributed by atoms with Gasteiger partial charge in [-0.3, -0.25) is 4.79 Å². The Hall–Kier alpha value is -2.23. The third-order valence-corrected chi connectivity index (χ3v) is 2.53. The van der Waals surface area contributed by atoms with Crippen molar-refractivity contribution in [3.8, 4) is 11.6 Å². The van der Waals surface area contributed by atoms with Crippen molar-refractivity contribution in [1.82, 2.24) is 4.98 Å². The summed E-state index contributed by atoms with van der Waals surface area (Å²) in [5.41, 5.74) is 1.76. The van der Waals surface area contributed by atoms with Crippen LogP contribution in [0.5, 0.6) is 11.6 Å². The van der Waals surface area contributed by atoms with Crippen molar-refractivity contribution in [2.45, 2.75) is 13.8 Å². The lowest BCUT2D eigenvalue weighted by molar-refractivity contribution is 0.112. The molecule has 0 aliphatic heterocycles. The van der Waals surface area contributed by atoms with Gasteiger partial charge >= 0.3 is 0 Å². The molecule has 92 valence electrons. The molecule has 0 N–H and O–H groups in total. The molecule has 18 heavy (non-hydrogen) atoms. The minimum absolute atomic E-state index is 0.275. The van der Waals surface area contributed by atoms with E-state index in [0.717, 1.165) is 11.8 Å². The molecule has 0 radical (unpaired) electrons. The maximum atomic E-state index is 13.1. The lowest BCUT2D eigenvalue weighted by Gasteiger charge is -2.08. The Morgan fingerprint density at radius 3 is 2.61 bits per heavy atom. The third kappa shape index (κ3) is 2.53. The number of ether oxygens (including phenoxy) is 1. The summed E-state index contributed by atoms with van der Waals surface area (Å²) in [6, 6.07) is 6.17. The summed E-state index contributed by atoms with van der Waals surface area (Å²) in [6.07, 6.45) is 2.16. The van der Waals surface area contributed by atoms with Crippen LogP contribution in [-0.4, -0.2) is 11.3 Å². The standard InChI is InChI=1S/C14H12FNO2/c1-9-6-12(3-4-13(9)15)18-14-10(2)5-11(8-17)7-16-14/h3-8H,1-2H3. The average molecular weight is 245 g/mol. The van der Waals surface area contributed by atoms with Gasteiger partial charge in [0.25, 0.3) is 0 Å². The largest absolute Gasteiger partial charge is 0.439 e. The van der Waals surface area contributed by atoms with Crippen molar-refractivity contribution in [1.29, 1.82) is 0 Å². The first kappa shape index (κ1) is 12.2. The van der Waals surface area contributed by atoms with Crippen molar-refractivity contribution >= 4 is 6.29 Å². The van der Waals surface area contributed by atoms with E-state index in [2.05, 4.69) is 4.98 Å². The number of aldehydes is 1. The van der Waals surface area contributed by atoms with Gasteiger partial charge in [0, 0.05) is 17.3 Å². The Labute approximate surface area is 104 Å². The maximum absolute atomic E-state index is 13.1. The van der Waals surface area contributed by atoms with E-state index in [1.165, 1.54) is 18.3 Å². The molecule has 0 spiro atoms. The highest BCUT2D eigenvalue weighted by atomic mass is 19.1. The monoisotopic (exact) mass is 245 g/mol. The lowest BCUT2D eigenvalue weighted by Crippen LogP contribution is -1.94. The highest BCUT2D eigenvalue weighted by molar-refractivity contribution is 5.74. The van der Waals surface area contributed by atoms with E-state index >= 15 is 0 Å².